The average molecular weight is 381 g/mol. The maximum atomic E-state index is 13.7. The molecule has 0 bridgehead atoms. The van der Waals surface area contributed by atoms with Crippen LogP contribution < -0.4 is 14.8 Å². The van der Waals surface area contributed by atoms with Gasteiger partial charge in [0.05, 0.1) is 13.2 Å². The minimum absolute atomic E-state index is 0.129. The van der Waals surface area contributed by atoms with Gasteiger partial charge in [0.15, 0.2) is 11.5 Å². The van der Waals surface area contributed by atoms with E-state index in [1.165, 1.54) is 6.07 Å². The van der Waals surface area contributed by atoms with Crippen LogP contribution >= 0.6 is 0 Å². The summed E-state index contributed by atoms with van der Waals surface area (Å²) >= 11 is 0. The van der Waals surface area contributed by atoms with Crippen molar-refractivity contribution in [3.63, 3.8) is 0 Å². The lowest BCUT2D eigenvalue weighted by molar-refractivity contribution is 0.174. The third kappa shape index (κ3) is 5.31. The van der Waals surface area contributed by atoms with Gasteiger partial charge in [-0.25, -0.2) is 4.39 Å². The van der Waals surface area contributed by atoms with Gasteiger partial charge in [-0.05, 0) is 29.3 Å². The van der Waals surface area contributed by atoms with Crippen LogP contribution in [0.5, 0.6) is 11.5 Å². The van der Waals surface area contributed by atoms with Crippen molar-refractivity contribution in [1.29, 1.82) is 0 Å². The van der Waals surface area contributed by atoms with Crippen LogP contribution in [0.4, 0.5) is 4.39 Å². The lowest BCUT2D eigenvalue weighted by atomic mass is 10.1. The van der Waals surface area contributed by atoms with Crippen molar-refractivity contribution >= 4 is 0 Å². The number of rotatable bonds is 9. The first-order valence-electron chi connectivity index (χ1n) is 9.14. The molecule has 0 spiro atoms. The molecule has 146 valence electrons. The standard InChI is InChI=1S/C23H24FNO3/c1-27-23-13-17(14-25-15-21(26)18-7-3-2-4-8-18)11-12-22(23)28-16-19-9-5-6-10-20(19)24/h2-13,21,25-26H,14-16H2,1H3/t21-/m0/s1. The van der Waals surface area contributed by atoms with Gasteiger partial charge in [-0.3, -0.25) is 0 Å². The van der Waals surface area contributed by atoms with Gasteiger partial charge in [0.25, 0.3) is 0 Å². The summed E-state index contributed by atoms with van der Waals surface area (Å²) in [4.78, 5) is 0. The molecule has 0 amide bonds. The molecule has 0 aromatic heterocycles. The van der Waals surface area contributed by atoms with Crippen LogP contribution in [-0.2, 0) is 13.2 Å². The van der Waals surface area contributed by atoms with Gasteiger partial charge >= 0.3 is 0 Å². The van der Waals surface area contributed by atoms with E-state index in [1.807, 2.05) is 48.5 Å². The van der Waals surface area contributed by atoms with E-state index in [-0.39, 0.29) is 12.4 Å². The molecule has 0 saturated heterocycles. The van der Waals surface area contributed by atoms with Crippen molar-refractivity contribution in [2.75, 3.05) is 13.7 Å². The molecule has 2 N–H and O–H groups in total. The Bertz CT molecular complexity index is 886. The number of hydrogen-bond acceptors (Lipinski definition) is 4. The zero-order valence-corrected chi connectivity index (χ0v) is 15.8. The summed E-state index contributed by atoms with van der Waals surface area (Å²) in [7, 11) is 1.57. The summed E-state index contributed by atoms with van der Waals surface area (Å²) in [6.45, 7) is 1.15. The van der Waals surface area contributed by atoms with Crippen molar-refractivity contribution in [3.05, 3.63) is 95.3 Å². The number of methoxy groups -OCH3 is 1. The summed E-state index contributed by atoms with van der Waals surface area (Å²) in [5, 5.41) is 13.4. The van der Waals surface area contributed by atoms with Crippen molar-refractivity contribution in [3.8, 4) is 11.5 Å². The first-order valence-corrected chi connectivity index (χ1v) is 9.14. The van der Waals surface area contributed by atoms with Crippen LogP contribution in [0.1, 0.15) is 22.8 Å². The van der Waals surface area contributed by atoms with Crippen molar-refractivity contribution in [2.24, 2.45) is 0 Å². The summed E-state index contributed by atoms with van der Waals surface area (Å²) in [5.74, 6) is 0.845. The predicted octanol–water partition coefficient (Wildman–Crippen LogP) is 4.24. The lowest BCUT2D eigenvalue weighted by Crippen LogP contribution is -2.21. The minimum atomic E-state index is -0.563. The van der Waals surface area contributed by atoms with E-state index < -0.39 is 6.10 Å². The van der Waals surface area contributed by atoms with Gasteiger partial charge in [0.1, 0.15) is 12.4 Å². The fourth-order valence-corrected chi connectivity index (χ4v) is 2.86. The van der Waals surface area contributed by atoms with Gasteiger partial charge in [0.2, 0.25) is 0 Å². The quantitative estimate of drug-likeness (QED) is 0.582. The Kier molecular flexibility index (Phi) is 7.00. The Morgan fingerprint density at radius 1 is 0.964 bits per heavy atom. The number of hydrogen-bond donors (Lipinski definition) is 2. The second-order valence-corrected chi connectivity index (χ2v) is 6.42. The summed E-state index contributed by atoms with van der Waals surface area (Å²) in [6, 6.07) is 21.7. The SMILES string of the molecule is COc1cc(CNC[C@H](O)c2ccccc2)ccc1OCc1ccccc1F. The van der Waals surface area contributed by atoms with E-state index in [0.717, 1.165) is 11.1 Å². The largest absolute Gasteiger partial charge is 0.493 e. The maximum Gasteiger partial charge on any atom is 0.161 e. The molecule has 3 rings (SSSR count). The predicted molar refractivity (Wildman–Crippen MR) is 107 cm³/mol. The molecule has 0 aliphatic carbocycles. The molecular formula is C23H24FNO3. The molecule has 1 atom stereocenters. The average Bonchev–Trinajstić information content (AvgIpc) is 2.74. The van der Waals surface area contributed by atoms with Crippen molar-refractivity contribution in [1.82, 2.24) is 5.32 Å². The molecule has 0 saturated carbocycles. The van der Waals surface area contributed by atoms with Crippen LogP contribution in [0.3, 0.4) is 0 Å². The normalized spacial score (nSPS) is 11.8. The van der Waals surface area contributed by atoms with E-state index >= 15 is 0 Å². The zero-order valence-electron chi connectivity index (χ0n) is 15.8. The van der Waals surface area contributed by atoms with Crippen LogP contribution in [-0.4, -0.2) is 18.8 Å². The molecule has 3 aromatic rings. The monoisotopic (exact) mass is 381 g/mol. The van der Waals surface area contributed by atoms with Crippen molar-refractivity contribution < 1.29 is 19.0 Å². The summed E-state index contributed by atoms with van der Waals surface area (Å²) < 4.78 is 24.9. The molecule has 0 fully saturated rings. The van der Waals surface area contributed by atoms with Crippen molar-refractivity contribution in [2.45, 2.75) is 19.3 Å². The molecular weight excluding hydrogens is 357 g/mol. The third-order valence-electron chi connectivity index (χ3n) is 4.42. The first-order chi connectivity index (χ1) is 13.7. The van der Waals surface area contributed by atoms with Gasteiger partial charge in [-0.1, -0.05) is 54.6 Å². The first kappa shape index (κ1) is 19.9. The Morgan fingerprint density at radius 3 is 2.46 bits per heavy atom. The van der Waals surface area contributed by atoms with E-state index in [4.69, 9.17) is 9.47 Å². The highest BCUT2D eigenvalue weighted by Gasteiger charge is 2.09. The number of benzene rings is 3. The summed E-state index contributed by atoms with van der Waals surface area (Å²) in [6.07, 6.45) is -0.563. The molecule has 0 unspecified atom stereocenters. The highest BCUT2D eigenvalue weighted by Crippen LogP contribution is 2.29. The molecule has 28 heavy (non-hydrogen) atoms. The Morgan fingerprint density at radius 2 is 1.71 bits per heavy atom. The van der Waals surface area contributed by atoms with E-state index in [2.05, 4.69) is 5.32 Å². The van der Waals surface area contributed by atoms with Gasteiger partial charge in [-0.2, -0.15) is 0 Å². The number of nitrogens with one attached hydrogen (secondary N) is 1. The number of aliphatic hydroxyl groups excluding tert-OH is 1. The second kappa shape index (κ2) is 9.88. The highest BCUT2D eigenvalue weighted by molar-refractivity contribution is 5.43. The number of ether oxygens (including phenoxy) is 2. The van der Waals surface area contributed by atoms with Crippen LogP contribution in [0.2, 0.25) is 0 Å². The molecule has 0 aliphatic heterocycles. The van der Waals surface area contributed by atoms with Gasteiger partial charge in [-0.15, -0.1) is 0 Å². The molecule has 0 heterocycles. The molecule has 0 radical (unpaired) electrons. The maximum absolute atomic E-state index is 13.7. The lowest BCUT2D eigenvalue weighted by Gasteiger charge is -2.14. The van der Waals surface area contributed by atoms with Crippen LogP contribution in [0.15, 0.2) is 72.8 Å². The zero-order chi connectivity index (χ0) is 19.8. The molecule has 3 aromatic carbocycles. The highest BCUT2D eigenvalue weighted by atomic mass is 19.1. The Labute approximate surface area is 164 Å². The summed E-state index contributed by atoms with van der Waals surface area (Å²) in [5.41, 5.74) is 2.37. The Balaban J connectivity index is 1.56. The fourth-order valence-electron chi connectivity index (χ4n) is 2.86. The van der Waals surface area contributed by atoms with Crippen LogP contribution in [0, 0.1) is 5.82 Å². The second-order valence-electron chi connectivity index (χ2n) is 6.42. The molecule has 0 aliphatic rings. The number of aliphatic hydroxyl groups is 1. The van der Waals surface area contributed by atoms with E-state index in [1.54, 1.807) is 25.3 Å². The fraction of sp³-hybridized carbons (Fsp3) is 0.217. The third-order valence-corrected chi connectivity index (χ3v) is 4.42. The van der Waals surface area contributed by atoms with E-state index in [9.17, 15) is 9.50 Å². The molecule has 4 nitrogen and oxygen atoms in total. The van der Waals surface area contributed by atoms with E-state index in [0.29, 0.717) is 30.2 Å². The Hall–Kier alpha value is -2.89. The topological polar surface area (TPSA) is 50.7 Å². The smallest absolute Gasteiger partial charge is 0.161 e. The van der Waals surface area contributed by atoms with Crippen LogP contribution in [0.25, 0.3) is 0 Å². The minimum Gasteiger partial charge on any atom is -0.493 e. The van der Waals surface area contributed by atoms with Gasteiger partial charge in [0, 0.05) is 18.7 Å². The molecule has 5 heteroatoms. The van der Waals surface area contributed by atoms with Gasteiger partial charge < -0.3 is 19.9 Å². The number of halogens is 1.